The van der Waals surface area contributed by atoms with Crippen molar-refractivity contribution in [3.63, 3.8) is 0 Å². The fourth-order valence-corrected chi connectivity index (χ4v) is 5.58. The lowest BCUT2D eigenvalue weighted by Gasteiger charge is -2.51. The first kappa shape index (κ1) is 35.0. The Morgan fingerprint density at radius 2 is 1.89 bits per heavy atom. The summed E-state index contributed by atoms with van der Waals surface area (Å²) >= 11 is 0. The average Bonchev–Trinajstić information content (AvgIpc) is 3.47. The zero-order valence-corrected chi connectivity index (χ0v) is 26.3. The van der Waals surface area contributed by atoms with Gasteiger partial charge in [-0.2, -0.15) is 19.6 Å². The van der Waals surface area contributed by atoms with Crippen molar-refractivity contribution < 1.29 is 18.7 Å². The standard InChI is InChI=1S/C17H15B2F2N9O3.C10H17B2N/c1-16(2,32)17(18,19)33-12-4-9(20)10(5-11(12)30-15(31)29(3)27-28-30)24-14-23-7-8(6-22)13(25-14)26-21;1-9(2)6-3-4-8-5-7-10(11,12)13(8)9/h4-5,7,32H,1-3H3,(H2,23,24,25,26);8H,3-7H2,1-2H3. The molecule has 0 amide bonds. The van der Waals surface area contributed by atoms with Crippen molar-refractivity contribution in [3.8, 4) is 17.5 Å². The summed E-state index contributed by atoms with van der Waals surface area (Å²) in [6, 6.07) is 4.24. The van der Waals surface area contributed by atoms with Gasteiger partial charge in [0.2, 0.25) is 5.95 Å². The van der Waals surface area contributed by atoms with Gasteiger partial charge in [-0.25, -0.2) is 19.7 Å². The van der Waals surface area contributed by atoms with Gasteiger partial charge in [0.05, 0.1) is 38.6 Å². The van der Waals surface area contributed by atoms with Crippen LogP contribution in [0.5, 0.6) is 5.75 Å². The highest BCUT2D eigenvalue weighted by molar-refractivity contribution is 6.40. The minimum Gasteiger partial charge on any atom is -0.502 e. The fourth-order valence-electron chi connectivity index (χ4n) is 5.58. The molecule has 5 rings (SSSR count). The number of halogens is 2. The van der Waals surface area contributed by atoms with E-state index in [1.165, 1.54) is 52.1 Å². The number of anilines is 3. The van der Waals surface area contributed by atoms with Gasteiger partial charge < -0.3 is 20.1 Å². The lowest BCUT2D eigenvalue weighted by atomic mass is 9.56. The highest BCUT2D eigenvalue weighted by Crippen LogP contribution is 2.43. The lowest BCUT2D eigenvalue weighted by molar-refractivity contribution is -0.0170. The monoisotopic (exact) mass is 626 g/mol. The Bertz CT molecular complexity index is 1690. The molecule has 1 aromatic carbocycles. The molecular formula is C27H32B4F2N10O3. The molecule has 1 atom stereocenters. The second-order valence-electron chi connectivity index (χ2n) is 12.6. The SMILES string of the molecule is [B]C([B])(Oc1cc(F)c(Nc2ncc(C#N)c(NF)n2)cc1-n1nnn(C)c1=O)C(C)(C)O.[B]C1([B])CCC2CCCC(C)(C)N21. The molecule has 46 heavy (non-hydrogen) atoms. The Morgan fingerprint density at radius 3 is 2.46 bits per heavy atom. The number of hydrogen-bond donors (Lipinski definition) is 3. The number of aryl methyl sites for hydroxylation is 1. The van der Waals surface area contributed by atoms with Gasteiger partial charge in [-0.3, -0.25) is 0 Å². The Balaban J connectivity index is 0.000000305. The smallest absolute Gasteiger partial charge is 0.368 e. The van der Waals surface area contributed by atoms with Crippen LogP contribution in [0.15, 0.2) is 23.1 Å². The topological polar surface area (TPSA) is 159 Å². The summed E-state index contributed by atoms with van der Waals surface area (Å²) in [5.74, 6) is -2.01. The molecule has 0 aliphatic carbocycles. The summed E-state index contributed by atoms with van der Waals surface area (Å²) in [4.78, 5) is 22.3. The Hall–Kier alpha value is -3.90. The summed E-state index contributed by atoms with van der Waals surface area (Å²) in [6.45, 7) is 7.07. The molecule has 13 nitrogen and oxygen atoms in total. The molecule has 2 fully saturated rings. The Kier molecular flexibility index (Phi) is 9.66. The summed E-state index contributed by atoms with van der Waals surface area (Å²) in [7, 11) is 25.2. The molecule has 0 saturated carbocycles. The fraction of sp³-hybridized carbons (Fsp3) is 0.556. The number of hydrogen-bond acceptors (Lipinski definition) is 11. The van der Waals surface area contributed by atoms with Gasteiger partial charge >= 0.3 is 5.69 Å². The van der Waals surface area contributed by atoms with Crippen molar-refractivity contribution in [3.05, 3.63) is 40.2 Å². The molecule has 2 aliphatic heterocycles. The van der Waals surface area contributed by atoms with Crippen LogP contribution >= 0.6 is 0 Å². The van der Waals surface area contributed by atoms with Crippen molar-refractivity contribution in [2.75, 3.05) is 10.9 Å². The molecule has 234 valence electrons. The molecule has 19 heteroatoms. The number of nitriles is 1. The van der Waals surface area contributed by atoms with Crippen molar-refractivity contribution in [2.24, 2.45) is 7.05 Å². The van der Waals surface area contributed by atoms with Crippen LogP contribution in [0.4, 0.5) is 26.3 Å². The maximum atomic E-state index is 14.9. The van der Waals surface area contributed by atoms with E-state index in [1.54, 1.807) is 6.07 Å². The van der Waals surface area contributed by atoms with Crippen molar-refractivity contribution in [1.82, 2.24) is 34.7 Å². The number of tetrazole rings is 1. The maximum absolute atomic E-state index is 14.9. The minimum atomic E-state index is -2.20. The highest BCUT2D eigenvalue weighted by Gasteiger charge is 2.47. The maximum Gasteiger partial charge on any atom is 0.368 e. The largest absolute Gasteiger partial charge is 0.502 e. The van der Waals surface area contributed by atoms with Crippen LogP contribution in [-0.2, 0) is 7.05 Å². The normalized spacial score (nSPS) is 18.9. The first-order chi connectivity index (χ1) is 21.3. The number of ether oxygens (including phenoxy) is 1. The van der Waals surface area contributed by atoms with Gasteiger partial charge in [0.25, 0.3) is 0 Å². The van der Waals surface area contributed by atoms with Crippen molar-refractivity contribution in [1.29, 1.82) is 5.26 Å². The molecule has 8 radical (unpaired) electrons. The molecule has 4 heterocycles. The zero-order chi connectivity index (χ0) is 34.2. The van der Waals surface area contributed by atoms with Crippen LogP contribution in [-0.4, -0.2) is 99.1 Å². The van der Waals surface area contributed by atoms with Gasteiger partial charge in [0, 0.05) is 24.7 Å². The van der Waals surface area contributed by atoms with Crippen LogP contribution in [0.3, 0.4) is 0 Å². The van der Waals surface area contributed by atoms with Gasteiger partial charge in [-0.1, -0.05) is 11.8 Å². The second-order valence-corrected chi connectivity index (χ2v) is 12.6. The number of rotatable bonds is 7. The third-order valence-electron chi connectivity index (χ3n) is 8.15. The van der Waals surface area contributed by atoms with E-state index in [9.17, 15) is 18.8 Å². The minimum absolute atomic E-state index is 0.154. The van der Waals surface area contributed by atoms with E-state index in [1.807, 2.05) is 0 Å². The molecule has 1 unspecified atom stereocenters. The van der Waals surface area contributed by atoms with E-state index in [-0.39, 0.29) is 34.2 Å². The quantitative estimate of drug-likeness (QED) is 0.257. The van der Waals surface area contributed by atoms with Crippen LogP contribution in [0, 0.1) is 17.1 Å². The van der Waals surface area contributed by atoms with E-state index < -0.39 is 33.7 Å². The third-order valence-corrected chi connectivity index (χ3v) is 8.15. The first-order valence-corrected chi connectivity index (χ1v) is 14.4. The van der Waals surface area contributed by atoms with Crippen LogP contribution in [0.25, 0.3) is 5.69 Å². The highest BCUT2D eigenvalue weighted by atomic mass is 19.2. The zero-order valence-electron chi connectivity index (χ0n) is 26.3. The average molecular weight is 626 g/mol. The molecule has 2 aliphatic rings. The molecular weight excluding hydrogens is 594 g/mol. The van der Waals surface area contributed by atoms with Crippen LogP contribution in [0.1, 0.15) is 65.4 Å². The number of nitrogens with zero attached hydrogens (tertiary/aromatic N) is 8. The number of aromatic nitrogens is 6. The molecule has 0 bridgehead atoms. The van der Waals surface area contributed by atoms with E-state index in [0.29, 0.717) is 6.04 Å². The summed E-state index contributed by atoms with van der Waals surface area (Å²) in [5, 5.41) is 26.1. The Morgan fingerprint density at radius 1 is 1.20 bits per heavy atom. The number of piperidine rings is 1. The summed E-state index contributed by atoms with van der Waals surface area (Å²) in [5.41, 5.74) is -1.69. The molecule has 3 N–H and O–H groups in total. The second kappa shape index (κ2) is 12.7. The van der Waals surface area contributed by atoms with Gasteiger partial charge in [0.1, 0.15) is 38.8 Å². The van der Waals surface area contributed by atoms with E-state index >= 15 is 0 Å². The van der Waals surface area contributed by atoms with Gasteiger partial charge in [-0.15, -0.1) is 4.48 Å². The number of aliphatic hydroxyl groups is 1. The van der Waals surface area contributed by atoms with E-state index in [4.69, 9.17) is 41.4 Å². The first-order valence-electron chi connectivity index (χ1n) is 14.4. The van der Waals surface area contributed by atoms with E-state index in [2.05, 4.69) is 44.5 Å². The molecule has 0 spiro atoms. The van der Waals surface area contributed by atoms with Crippen LogP contribution in [0.2, 0.25) is 0 Å². The lowest BCUT2D eigenvalue weighted by Crippen LogP contribution is -2.60. The molecule has 2 aromatic heterocycles. The van der Waals surface area contributed by atoms with Gasteiger partial charge in [-0.05, 0) is 69.9 Å². The summed E-state index contributed by atoms with van der Waals surface area (Å²) < 4.78 is 34.9. The van der Waals surface area contributed by atoms with Crippen molar-refractivity contribution >= 4 is 48.8 Å². The third kappa shape index (κ3) is 7.07. The van der Waals surface area contributed by atoms with Crippen LogP contribution < -0.4 is 21.3 Å². The predicted molar refractivity (Wildman–Crippen MR) is 170 cm³/mol. The van der Waals surface area contributed by atoms with Crippen molar-refractivity contribution in [2.45, 2.75) is 87.7 Å². The molecule has 3 aromatic rings. The van der Waals surface area contributed by atoms with E-state index in [0.717, 1.165) is 34.1 Å². The number of fused-ring (bicyclic) bond motifs is 1. The summed E-state index contributed by atoms with van der Waals surface area (Å²) in [6.07, 6.45) is 6.96. The number of nitrogens with one attached hydrogen (secondary N) is 2. The molecule has 2 saturated heterocycles. The predicted octanol–water partition coefficient (Wildman–Crippen LogP) is 1.35. The number of benzene rings is 1. The van der Waals surface area contributed by atoms with Gasteiger partial charge in [0.15, 0.2) is 11.6 Å². The Labute approximate surface area is 270 Å².